The molecular weight excluding hydrogens is 300 g/mol. The maximum Gasteiger partial charge on any atom is 0.269 e. The van der Waals surface area contributed by atoms with Gasteiger partial charge in [-0.3, -0.25) is 14.9 Å². The van der Waals surface area contributed by atoms with Crippen molar-refractivity contribution < 1.29 is 19.6 Å². The second kappa shape index (κ2) is 7.26. The third-order valence-corrected chi connectivity index (χ3v) is 3.18. The molecule has 1 amide bonds. The summed E-state index contributed by atoms with van der Waals surface area (Å²) in [5.74, 6) is -0.183. The first kappa shape index (κ1) is 16.3. The number of carbonyl (C=O) groups excluding carboxylic acids is 1. The van der Waals surface area contributed by atoms with Crippen molar-refractivity contribution in [3.05, 3.63) is 63.7 Å². The molecule has 0 unspecified atom stereocenters. The highest BCUT2D eigenvalue weighted by atomic mass is 16.6. The van der Waals surface area contributed by atoms with Crippen LogP contribution in [-0.2, 0) is 11.3 Å². The van der Waals surface area contributed by atoms with Gasteiger partial charge < -0.3 is 15.2 Å². The Bertz CT molecular complexity index is 730. The molecule has 0 saturated heterocycles. The van der Waals surface area contributed by atoms with Gasteiger partial charge in [-0.15, -0.1) is 5.75 Å². The summed E-state index contributed by atoms with van der Waals surface area (Å²) in [6.45, 7) is 1.57. The summed E-state index contributed by atoms with van der Waals surface area (Å²) in [5, 5.41) is 24.8. The van der Waals surface area contributed by atoms with Crippen molar-refractivity contribution in [3.63, 3.8) is 0 Å². The first-order valence-electron chi connectivity index (χ1n) is 6.87. The SMILES string of the molecule is Cc1ccccc1OCC(=O)NCc1cc([N+](=O)[O-])ccc1[O-]. The first-order valence-corrected chi connectivity index (χ1v) is 6.87. The molecule has 0 heterocycles. The fraction of sp³-hybridized carbons (Fsp3) is 0.188. The quantitative estimate of drug-likeness (QED) is 0.645. The van der Waals surface area contributed by atoms with E-state index in [0.29, 0.717) is 5.75 Å². The van der Waals surface area contributed by atoms with Crippen molar-refractivity contribution in [2.45, 2.75) is 13.5 Å². The van der Waals surface area contributed by atoms with Crippen molar-refractivity contribution in [2.75, 3.05) is 6.61 Å². The van der Waals surface area contributed by atoms with Gasteiger partial charge in [-0.1, -0.05) is 24.3 Å². The predicted molar refractivity (Wildman–Crippen MR) is 81.1 cm³/mol. The minimum Gasteiger partial charge on any atom is -0.872 e. The summed E-state index contributed by atoms with van der Waals surface area (Å²) in [7, 11) is 0. The molecule has 0 spiro atoms. The van der Waals surface area contributed by atoms with Gasteiger partial charge in [-0.25, -0.2) is 0 Å². The van der Waals surface area contributed by atoms with Crippen molar-refractivity contribution in [3.8, 4) is 11.5 Å². The van der Waals surface area contributed by atoms with Gasteiger partial charge in [0.05, 0.1) is 4.92 Å². The Labute approximate surface area is 132 Å². The third kappa shape index (κ3) is 4.44. The minimum atomic E-state index is -0.591. The molecule has 0 atom stereocenters. The molecule has 0 aliphatic rings. The Morgan fingerprint density at radius 3 is 2.70 bits per heavy atom. The molecule has 2 aromatic carbocycles. The first-order chi connectivity index (χ1) is 11.0. The summed E-state index contributed by atoms with van der Waals surface area (Å²) >= 11 is 0. The molecule has 2 rings (SSSR count). The fourth-order valence-electron chi connectivity index (χ4n) is 1.92. The number of hydrogen-bond donors (Lipinski definition) is 1. The summed E-state index contributed by atoms with van der Waals surface area (Å²) in [6, 6.07) is 10.7. The summed E-state index contributed by atoms with van der Waals surface area (Å²) in [5.41, 5.74) is 0.870. The van der Waals surface area contributed by atoms with Crippen molar-refractivity contribution in [1.29, 1.82) is 0 Å². The van der Waals surface area contributed by atoms with Gasteiger partial charge in [-0.2, -0.15) is 0 Å². The van der Waals surface area contributed by atoms with Crippen LogP contribution in [0.15, 0.2) is 42.5 Å². The Hall–Kier alpha value is -3.09. The maximum absolute atomic E-state index is 11.8. The highest BCUT2D eigenvalue weighted by Gasteiger charge is 2.09. The van der Waals surface area contributed by atoms with Crippen molar-refractivity contribution in [2.24, 2.45) is 0 Å². The number of nitro groups is 1. The molecule has 0 saturated carbocycles. The number of rotatable bonds is 6. The van der Waals surface area contributed by atoms with E-state index in [9.17, 15) is 20.0 Å². The van der Waals surface area contributed by atoms with Crippen LogP contribution in [0.25, 0.3) is 0 Å². The van der Waals surface area contributed by atoms with Crippen LogP contribution in [0.3, 0.4) is 0 Å². The summed E-state index contributed by atoms with van der Waals surface area (Å²) in [4.78, 5) is 21.9. The molecule has 120 valence electrons. The third-order valence-electron chi connectivity index (χ3n) is 3.18. The van der Waals surface area contributed by atoms with E-state index in [0.717, 1.165) is 23.8 Å². The molecule has 0 radical (unpaired) electrons. The molecule has 0 aliphatic carbocycles. The van der Waals surface area contributed by atoms with E-state index in [-0.39, 0.29) is 30.2 Å². The number of nitrogens with one attached hydrogen (secondary N) is 1. The topological polar surface area (TPSA) is 105 Å². The Kier molecular flexibility index (Phi) is 5.14. The van der Waals surface area contributed by atoms with E-state index in [2.05, 4.69) is 5.32 Å². The number of amides is 1. The van der Waals surface area contributed by atoms with E-state index >= 15 is 0 Å². The number of nitrogens with zero attached hydrogens (tertiary/aromatic N) is 1. The molecule has 7 nitrogen and oxygen atoms in total. The zero-order chi connectivity index (χ0) is 16.8. The van der Waals surface area contributed by atoms with E-state index in [1.54, 1.807) is 12.1 Å². The Morgan fingerprint density at radius 2 is 2.00 bits per heavy atom. The number of aryl methyl sites for hydroxylation is 1. The molecule has 0 fully saturated rings. The lowest BCUT2D eigenvalue weighted by Gasteiger charge is -2.14. The second-order valence-electron chi connectivity index (χ2n) is 4.88. The standard InChI is InChI=1S/C16H16N2O5/c1-11-4-2-3-5-15(11)23-10-16(20)17-9-12-8-13(18(21)22)6-7-14(12)19/h2-8,19H,9-10H2,1H3,(H,17,20)/p-1. The van der Waals surface area contributed by atoms with Gasteiger partial charge in [0, 0.05) is 18.7 Å². The highest BCUT2D eigenvalue weighted by molar-refractivity contribution is 5.77. The van der Waals surface area contributed by atoms with Gasteiger partial charge in [0.1, 0.15) is 5.75 Å². The lowest BCUT2D eigenvalue weighted by atomic mass is 10.2. The van der Waals surface area contributed by atoms with E-state index < -0.39 is 10.8 Å². The van der Waals surface area contributed by atoms with Crippen LogP contribution in [0.2, 0.25) is 0 Å². The van der Waals surface area contributed by atoms with Crippen LogP contribution in [0, 0.1) is 17.0 Å². The lowest BCUT2D eigenvalue weighted by Crippen LogP contribution is -2.28. The monoisotopic (exact) mass is 315 g/mol. The number of para-hydroxylation sites is 1. The zero-order valence-electron chi connectivity index (χ0n) is 12.4. The second-order valence-corrected chi connectivity index (χ2v) is 4.88. The van der Waals surface area contributed by atoms with Crippen molar-refractivity contribution in [1.82, 2.24) is 5.32 Å². The highest BCUT2D eigenvalue weighted by Crippen LogP contribution is 2.20. The number of hydrogen-bond acceptors (Lipinski definition) is 5. The largest absolute Gasteiger partial charge is 0.872 e. The molecule has 1 N–H and O–H groups in total. The number of benzene rings is 2. The van der Waals surface area contributed by atoms with Crippen LogP contribution in [0.1, 0.15) is 11.1 Å². The molecule has 7 heteroatoms. The average molecular weight is 315 g/mol. The molecule has 2 aromatic rings. The maximum atomic E-state index is 11.8. The molecule has 0 aromatic heterocycles. The summed E-state index contributed by atoms with van der Waals surface area (Å²) < 4.78 is 5.38. The Morgan fingerprint density at radius 1 is 1.26 bits per heavy atom. The van der Waals surface area contributed by atoms with Gasteiger partial charge in [-0.05, 0) is 24.1 Å². The number of non-ortho nitro benzene ring substituents is 1. The Balaban J connectivity index is 1.91. The zero-order valence-corrected chi connectivity index (χ0v) is 12.4. The van der Waals surface area contributed by atoms with Crippen LogP contribution in [0.5, 0.6) is 11.5 Å². The molecule has 23 heavy (non-hydrogen) atoms. The van der Waals surface area contributed by atoms with Gasteiger partial charge in [0.25, 0.3) is 11.6 Å². The van der Waals surface area contributed by atoms with Gasteiger partial charge in [0.15, 0.2) is 6.61 Å². The normalized spacial score (nSPS) is 10.1. The van der Waals surface area contributed by atoms with Gasteiger partial charge >= 0.3 is 0 Å². The van der Waals surface area contributed by atoms with Crippen LogP contribution in [0.4, 0.5) is 5.69 Å². The molecule has 0 bridgehead atoms. The van der Waals surface area contributed by atoms with Gasteiger partial charge in [0.2, 0.25) is 0 Å². The smallest absolute Gasteiger partial charge is 0.269 e. The number of carbonyl (C=O) groups is 1. The number of nitro benzene ring substituents is 1. The fourth-order valence-corrected chi connectivity index (χ4v) is 1.92. The predicted octanol–water partition coefficient (Wildman–Crippen LogP) is 1.67. The van der Waals surface area contributed by atoms with E-state index in [1.807, 2.05) is 19.1 Å². The summed E-state index contributed by atoms with van der Waals surface area (Å²) in [6.07, 6.45) is 0. The van der Waals surface area contributed by atoms with E-state index in [4.69, 9.17) is 4.74 Å². The minimum absolute atomic E-state index is 0.0868. The van der Waals surface area contributed by atoms with Crippen LogP contribution >= 0.6 is 0 Å². The van der Waals surface area contributed by atoms with E-state index in [1.165, 1.54) is 0 Å². The van der Waals surface area contributed by atoms with Crippen LogP contribution in [-0.4, -0.2) is 17.4 Å². The van der Waals surface area contributed by atoms with Crippen LogP contribution < -0.4 is 15.2 Å². The van der Waals surface area contributed by atoms with Crippen molar-refractivity contribution >= 4 is 11.6 Å². The average Bonchev–Trinajstić information content (AvgIpc) is 2.53. The molecular formula is C16H15N2O5-. The number of ether oxygens (including phenoxy) is 1. The molecule has 0 aliphatic heterocycles. The lowest BCUT2D eigenvalue weighted by molar-refractivity contribution is -0.385.